The Balaban J connectivity index is 1.19. The van der Waals surface area contributed by atoms with Crippen LogP contribution in [0.2, 0.25) is 0 Å². The van der Waals surface area contributed by atoms with Crippen molar-refractivity contribution in [3.63, 3.8) is 0 Å². The van der Waals surface area contributed by atoms with E-state index in [2.05, 4.69) is 34.9 Å². The minimum absolute atomic E-state index is 0.00538. The summed E-state index contributed by atoms with van der Waals surface area (Å²) in [6.45, 7) is 2.55. The number of hydrogen-bond donors (Lipinski definition) is 3. The predicted octanol–water partition coefficient (Wildman–Crippen LogP) is 3.92. The van der Waals surface area contributed by atoms with E-state index in [-0.39, 0.29) is 43.2 Å². The number of carbonyl (C=O) groups is 3. The monoisotopic (exact) mass is 450 g/mol. The van der Waals surface area contributed by atoms with Crippen molar-refractivity contribution in [2.45, 2.75) is 44.6 Å². The van der Waals surface area contributed by atoms with Crippen molar-refractivity contribution >= 4 is 18.0 Å². The SMILES string of the molecule is CC(CC(=O)NCC1CC(CC(=O)O)C1)NC(=O)OCC1c2ccccc2-c2ccccc21. The molecule has 2 aliphatic carbocycles. The maximum absolute atomic E-state index is 12.3. The first-order valence-corrected chi connectivity index (χ1v) is 11.5. The van der Waals surface area contributed by atoms with E-state index in [4.69, 9.17) is 9.84 Å². The Morgan fingerprint density at radius 1 is 1.00 bits per heavy atom. The number of carboxylic acid groups (broad SMARTS) is 1. The molecule has 4 rings (SSSR count). The summed E-state index contributed by atoms with van der Waals surface area (Å²) in [5.74, 6) is -0.352. The summed E-state index contributed by atoms with van der Waals surface area (Å²) in [4.78, 5) is 35.2. The molecule has 2 aliphatic rings. The number of nitrogens with one attached hydrogen (secondary N) is 2. The van der Waals surface area contributed by atoms with Gasteiger partial charge in [0.15, 0.2) is 0 Å². The summed E-state index contributed by atoms with van der Waals surface area (Å²) < 4.78 is 5.53. The molecule has 2 amide bonds. The maximum atomic E-state index is 12.3. The van der Waals surface area contributed by atoms with Gasteiger partial charge in [0.25, 0.3) is 0 Å². The highest BCUT2D eigenvalue weighted by molar-refractivity contribution is 5.79. The number of aliphatic carboxylic acids is 1. The van der Waals surface area contributed by atoms with Gasteiger partial charge in [-0.2, -0.15) is 0 Å². The fourth-order valence-electron chi connectivity index (χ4n) is 4.95. The molecule has 0 bridgehead atoms. The topological polar surface area (TPSA) is 105 Å². The second kappa shape index (κ2) is 10.1. The zero-order chi connectivity index (χ0) is 23.4. The lowest BCUT2D eigenvalue weighted by atomic mass is 9.73. The normalized spacial score (nSPS) is 19.5. The van der Waals surface area contributed by atoms with Gasteiger partial charge in [-0.05, 0) is 53.9 Å². The van der Waals surface area contributed by atoms with Crippen LogP contribution in [0.5, 0.6) is 0 Å². The van der Waals surface area contributed by atoms with E-state index < -0.39 is 12.1 Å². The average Bonchev–Trinajstić information content (AvgIpc) is 3.07. The lowest BCUT2D eigenvalue weighted by Crippen LogP contribution is -2.41. The molecule has 174 valence electrons. The zero-order valence-electron chi connectivity index (χ0n) is 18.8. The quantitative estimate of drug-likeness (QED) is 0.537. The van der Waals surface area contributed by atoms with Crippen LogP contribution in [0, 0.1) is 11.8 Å². The second-order valence-electron chi connectivity index (χ2n) is 9.18. The molecule has 0 spiro atoms. The third kappa shape index (κ3) is 5.53. The molecular weight excluding hydrogens is 420 g/mol. The Morgan fingerprint density at radius 3 is 2.21 bits per heavy atom. The largest absolute Gasteiger partial charge is 0.481 e. The van der Waals surface area contributed by atoms with E-state index in [0.717, 1.165) is 24.0 Å². The first kappa shape index (κ1) is 22.8. The third-order valence-corrected chi connectivity index (χ3v) is 6.58. The predicted molar refractivity (Wildman–Crippen MR) is 124 cm³/mol. The maximum Gasteiger partial charge on any atom is 0.407 e. The number of carbonyl (C=O) groups excluding carboxylic acids is 2. The van der Waals surface area contributed by atoms with Gasteiger partial charge >= 0.3 is 12.1 Å². The molecule has 1 saturated carbocycles. The third-order valence-electron chi connectivity index (χ3n) is 6.58. The number of ether oxygens (including phenoxy) is 1. The molecule has 2 aromatic carbocycles. The van der Waals surface area contributed by atoms with Crippen LogP contribution in [0.4, 0.5) is 4.79 Å². The first-order chi connectivity index (χ1) is 15.9. The van der Waals surface area contributed by atoms with Crippen molar-refractivity contribution in [2.75, 3.05) is 13.2 Å². The van der Waals surface area contributed by atoms with E-state index >= 15 is 0 Å². The Hall–Kier alpha value is -3.35. The number of rotatable bonds is 9. The van der Waals surface area contributed by atoms with Gasteiger partial charge in [0.1, 0.15) is 6.61 Å². The standard InChI is InChI=1S/C26H30N2O5/c1-16(10-24(29)27-14-18-11-17(12-18)13-25(30)31)28-26(32)33-15-23-21-8-4-2-6-19(21)20-7-3-5-9-22(20)23/h2-9,16-18,23H,10-15H2,1H3,(H,27,29)(H,28,32)(H,30,31). The molecule has 7 nitrogen and oxygen atoms in total. The van der Waals surface area contributed by atoms with Crippen LogP contribution in [-0.2, 0) is 14.3 Å². The van der Waals surface area contributed by atoms with Gasteiger partial charge in [-0.1, -0.05) is 48.5 Å². The average molecular weight is 451 g/mol. The number of hydrogen-bond acceptors (Lipinski definition) is 4. The molecule has 0 radical (unpaired) electrons. The molecule has 3 N–H and O–H groups in total. The molecule has 2 aromatic rings. The van der Waals surface area contributed by atoms with E-state index in [1.54, 1.807) is 6.92 Å². The molecule has 0 aliphatic heterocycles. The van der Waals surface area contributed by atoms with E-state index in [0.29, 0.717) is 12.5 Å². The van der Waals surface area contributed by atoms with Gasteiger partial charge in [0.05, 0.1) is 0 Å². The van der Waals surface area contributed by atoms with E-state index in [1.165, 1.54) is 11.1 Å². The number of fused-ring (bicyclic) bond motifs is 3. The van der Waals surface area contributed by atoms with Crippen LogP contribution >= 0.6 is 0 Å². The van der Waals surface area contributed by atoms with Crippen molar-refractivity contribution < 1.29 is 24.2 Å². The molecule has 1 atom stereocenters. The number of carboxylic acids is 1. The van der Waals surface area contributed by atoms with Crippen LogP contribution < -0.4 is 10.6 Å². The smallest absolute Gasteiger partial charge is 0.407 e. The second-order valence-corrected chi connectivity index (χ2v) is 9.18. The van der Waals surface area contributed by atoms with Crippen LogP contribution in [0.15, 0.2) is 48.5 Å². The lowest BCUT2D eigenvalue weighted by Gasteiger charge is -2.34. The molecular formula is C26H30N2O5. The van der Waals surface area contributed by atoms with Crippen LogP contribution in [0.1, 0.15) is 49.7 Å². The Morgan fingerprint density at radius 2 is 1.61 bits per heavy atom. The van der Waals surface area contributed by atoms with Gasteiger partial charge in [-0.3, -0.25) is 9.59 Å². The highest BCUT2D eigenvalue weighted by Crippen LogP contribution is 2.44. The van der Waals surface area contributed by atoms with Crippen LogP contribution in [0.25, 0.3) is 11.1 Å². The van der Waals surface area contributed by atoms with Gasteiger partial charge in [-0.15, -0.1) is 0 Å². The highest BCUT2D eigenvalue weighted by atomic mass is 16.5. The summed E-state index contributed by atoms with van der Waals surface area (Å²) in [6.07, 6.45) is 1.49. The Labute approximate surface area is 193 Å². The molecule has 7 heteroatoms. The molecule has 0 aromatic heterocycles. The zero-order valence-corrected chi connectivity index (χ0v) is 18.8. The van der Waals surface area contributed by atoms with Gasteiger partial charge in [0, 0.05) is 31.3 Å². The fraction of sp³-hybridized carbons (Fsp3) is 0.423. The Kier molecular flexibility index (Phi) is 6.96. The van der Waals surface area contributed by atoms with Gasteiger partial charge in [0.2, 0.25) is 5.91 Å². The van der Waals surface area contributed by atoms with Crippen molar-refractivity contribution in [1.82, 2.24) is 10.6 Å². The van der Waals surface area contributed by atoms with Crippen molar-refractivity contribution in [3.8, 4) is 11.1 Å². The molecule has 33 heavy (non-hydrogen) atoms. The number of amides is 2. The fourth-order valence-corrected chi connectivity index (χ4v) is 4.95. The van der Waals surface area contributed by atoms with Crippen LogP contribution in [0.3, 0.4) is 0 Å². The molecule has 1 unspecified atom stereocenters. The molecule has 0 saturated heterocycles. The summed E-state index contributed by atoms with van der Waals surface area (Å²) in [5.41, 5.74) is 4.65. The van der Waals surface area contributed by atoms with Gasteiger partial charge < -0.3 is 20.5 Å². The van der Waals surface area contributed by atoms with Crippen molar-refractivity contribution in [2.24, 2.45) is 11.8 Å². The summed E-state index contributed by atoms with van der Waals surface area (Å²) in [7, 11) is 0. The van der Waals surface area contributed by atoms with Crippen LogP contribution in [-0.4, -0.2) is 42.3 Å². The van der Waals surface area contributed by atoms with E-state index in [1.807, 2.05) is 24.3 Å². The first-order valence-electron chi connectivity index (χ1n) is 11.5. The summed E-state index contributed by atoms with van der Waals surface area (Å²) >= 11 is 0. The number of alkyl carbamates (subject to hydrolysis) is 1. The lowest BCUT2D eigenvalue weighted by molar-refractivity contribution is -0.139. The number of benzene rings is 2. The van der Waals surface area contributed by atoms with Crippen molar-refractivity contribution in [1.29, 1.82) is 0 Å². The van der Waals surface area contributed by atoms with E-state index in [9.17, 15) is 14.4 Å². The molecule has 1 fully saturated rings. The van der Waals surface area contributed by atoms with Crippen molar-refractivity contribution in [3.05, 3.63) is 59.7 Å². The summed E-state index contributed by atoms with van der Waals surface area (Å²) in [5, 5.41) is 14.4. The minimum atomic E-state index is -0.768. The van der Waals surface area contributed by atoms with Gasteiger partial charge in [-0.25, -0.2) is 4.79 Å². The minimum Gasteiger partial charge on any atom is -0.481 e. The summed E-state index contributed by atoms with van der Waals surface area (Å²) in [6, 6.07) is 16.0. The Bertz CT molecular complexity index is 985. The molecule has 0 heterocycles. The highest BCUT2D eigenvalue weighted by Gasteiger charge is 2.31.